The van der Waals surface area contributed by atoms with Crippen molar-refractivity contribution in [3.8, 4) is 0 Å². The minimum Gasteiger partial charge on any atom is -0.503 e. The Morgan fingerprint density at radius 1 is 1.19 bits per heavy atom. The average Bonchev–Trinajstić information content (AvgIpc) is 3.52. The van der Waals surface area contributed by atoms with Crippen LogP contribution < -0.4 is 4.90 Å². The molecule has 0 fully saturated rings. The Bertz CT molecular complexity index is 1370. The Hall–Kier alpha value is -3.71. The number of anilines is 1. The number of ketones is 1. The van der Waals surface area contributed by atoms with Crippen LogP contribution in [0.2, 0.25) is 0 Å². The summed E-state index contributed by atoms with van der Waals surface area (Å²) in [5, 5.41) is 11.2. The van der Waals surface area contributed by atoms with Gasteiger partial charge < -0.3 is 9.52 Å². The molecule has 1 atom stereocenters. The van der Waals surface area contributed by atoms with Crippen molar-refractivity contribution in [1.29, 1.82) is 0 Å². The first-order valence-corrected chi connectivity index (χ1v) is 11.1. The molecule has 0 aliphatic carbocycles. The van der Waals surface area contributed by atoms with E-state index < -0.39 is 23.5 Å². The lowest BCUT2D eigenvalue weighted by atomic mass is 9.94. The van der Waals surface area contributed by atoms with Crippen molar-refractivity contribution < 1.29 is 19.1 Å². The number of Topliss-reactive ketones (excluding diaryl/α,β-unsaturated/α-hetero) is 1. The van der Waals surface area contributed by atoms with E-state index >= 15 is 0 Å². The predicted molar refractivity (Wildman–Crippen MR) is 123 cm³/mol. The van der Waals surface area contributed by atoms with Gasteiger partial charge in [0, 0.05) is 0 Å². The first kappa shape index (κ1) is 20.2. The van der Waals surface area contributed by atoms with Crippen molar-refractivity contribution in [3.63, 3.8) is 0 Å². The number of fused-ring (bicyclic) bond motifs is 1. The number of carbonyl (C=O) groups is 2. The van der Waals surface area contributed by atoms with E-state index in [2.05, 4.69) is 18.0 Å². The highest BCUT2D eigenvalue weighted by Gasteiger charge is 2.46. The van der Waals surface area contributed by atoms with Gasteiger partial charge in [-0.1, -0.05) is 54.2 Å². The van der Waals surface area contributed by atoms with E-state index in [9.17, 15) is 14.7 Å². The minimum absolute atomic E-state index is 0.0118. The van der Waals surface area contributed by atoms with Crippen LogP contribution in [-0.2, 0) is 11.2 Å². The Labute approximate surface area is 188 Å². The largest absolute Gasteiger partial charge is 0.503 e. The first-order chi connectivity index (χ1) is 15.5. The molecular weight excluding hydrogens is 424 g/mol. The molecule has 5 rings (SSSR count). The monoisotopic (exact) mass is 444 g/mol. The van der Waals surface area contributed by atoms with Crippen molar-refractivity contribution in [2.75, 3.05) is 4.90 Å². The number of aryl methyl sites for hydroxylation is 2. The molecule has 0 saturated carbocycles. The normalized spacial score (nSPS) is 16.4. The molecule has 0 saturated heterocycles. The molecule has 160 valence electrons. The van der Waals surface area contributed by atoms with E-state index in [-0.39, 0.29) is 11.3 Å². The molecule has 7 heteroatoms. The van der Waals surface area contributed by atoms with E-state index in [1.165, 1.54) is 34.1 Å². The molecular formula is C25H20N2O4S. The highest BCUT2D eigenvalue weighted by molar-refractivity contribution is 7.22. The quantitative estimate of drug-likeness (QED) is 0.409. The maximum absolute atomic E-state index is 13.2. The third-order valence-corrected chi connectivity index (χ3v) is 6.66. The number of benzene rings is 2. The van der Waals surface area contributed by atoms with Crippen molar-refractivity contribution in [1.82, 2.24) is 4.98 Å². The van der Waals surface area contributed by atoms with Gasteiger partial charge in [0.15, 0.2) is 16.7 Å². The number of thiazole rings is 1. The zero-order valence-corrected chi connectivity index (χ0v) is 18.3. The summed E-state index contributed by atoms with van der Waals surface area (Å²) >= 11 is 1.36. The van der Waals surface area contributed by atoms with Crippen LogP contribution in [0.1, 0.15) is 40.2 Å². The summed E-state index contributed by atoms with van der Waals surface area (Å²) in [6.45, 7) is 4.04. The lowest BCUT2D eigenvalue weighted by Crippen LogP contribution is -2.30. The van der Waals surface area contributed by atoms with Crippen LogP contribution in [0.4, 0.5) is 5.13 Å². The minimum atomic E-state index is -0.813. The number of amides is 1. The summed E-state index contributed by atoms with van der Waals surface area (Å²) in [6.07, 6.45) is 2.28. The third kappa shape index (κ3) is 3.22. The molecule has 1 aliphatic rings. The van der Waals surface area contributed by atoms with Gasteiger partial charge in [0.25, 0.3) is 5.91 Å². The van der Waals surface area contributed by atoms with Gasteiger partial charge in [0.1, 0.15) is 0 Å². The fraction of sp³-hybridized carbons (Fsp3) is 0.160. The standard InChI is InChI=1S/C25H20N2O4S/c1-3-15-8-11-17-19(13-15)32-25(26-17)27-21(16-9-6-14(2)7-10-16)20(23(29)24(27)30)22(28)18-5-4-12-31-18/h4-13,21,29H,3H2,1-2H3/t21-/m0/s1. The summed E-state index contributed by atoms with van der Waals surface area (Å²) in [4.78, 5) is 32.5. The SMILES string of the molecule is CCc1ccc2nc(N3C(=O)C(O)=C(C(=O)c4ccco4)[C@@H]3c3ccc(C)cc3)sc2c1. The second-order valence-corrected chi connectivity index (χ2v) is 8.72. The molecule has 0 unspecified atom stereocenters. The molecule has 6 nitrogen and oxygen atoms in total. The molecule has 2 aromatic heterocycles. The van der Waals surface area contributed by atoms with Gasteiger partial charge in [-0.25, -0.2) is 4.98 Å². The van der Waals surface area contributed by atoms with Crippen LogP contribution in [0.15, 0.2) is 76.6 Å². The summed E-state index contributed by atoms with van der Waals surface area (Å²) in [5.41, 5.74) is 3.68. The topological polar surface area (TPSA) is 83.6 Å². The summed E-state index contributed by atoms with van der Waals surface area (Å²) < 4.78 is 6.22. The zero-order chi connectivity index (χ0) is 22.4. The van der Waals surface area contributed by atoms with Crippen molar-refractivity contribution in [2.24, 2.45) is 0 Å². The highest BCUT2D eigenvalue weighted by Crippen LogP contribution is 2.44. The summed E-state index contributed by atoms with van der Waals surface area (Å²) in [7, 11) is 0. The Morgan fingerprint density at radius 2 is 1.97 bits per heavy atom. The van der Waals surface area contributed by atoms with E-state index in [1.807, 2.05) is 43.3 Å². The maximum atomic E-state index is 13.2. The molecule has 2 aromatic carbocycles. The average molecular weight is 445 g/mol. The molecule has 4 aromatic rings. The molecule has 32 heavy (non-hydrogen) atoms. The van der Waals surface area contributed by atoms with Crippen LogP contribution in [-0.4, -0.2) is 21.8 Å². The summed E-state index contributed by atoms with van der Waals surface area (Å²) in [6, 6.07) is 15.8. The lowest BCUT2D eigenvalue weighted by molar-refractivity contribution is -0.117. The second-order valence-electron chi connectivity index (χ2n) is 7.71. The number of rotatable bonds is 5. The highest BCUT2D eigenvalue weighted by atomic mass is 32.1. The van der Waals surface area contributed by atoms with E-state index in [1.54, 1.807) is 6.07 Å². The fourth-order valence-corrected chi connectivity index (χ4v) is 4.97. The van der Waals surface area contributed by atoms with Gasteiger partial charge in [-0.15, -0.1) is 0 Å². The Balaban J connectivity index is 1.67. The van der Waals surface area contributed by atoms with E-state index in [4.69, 9.17) is 4.42 Å². The number of nitrogens with zero attached hydrogens (tertiary/aromatic N) is 2. The van der Waals surface area contributed by atoms with Crippen LogP contribution >= 0.6 is 11.3 Å². The number of carbonyl (C=O) groups excluding carboxylic acids is 2. The molecule has 0 radical (unpaired) electrons. The first-order valence-electron chi connectivity index (χ1n) is 10.3. The van der Waals surface area contributed by atoms with Crippen LogP contribution in [0.3, 0.4) is 0 Å². The number of aliphatic hydroxyl groups is 1. The number of aromatic nitrogens is 1. The number of aliphatic hydroxyl groups excluding tert-OH is 1. The molecule has 1 N–H and O–H groups in total. The van der Waals surface area contributed by atoms with Gasteiger partial charge in [-0.2, -0.15) is 0 Å². The van der Waals surface area contributed by atoms with Gasteiger partial charge in [0.2, 0.25) is 5.78 Å². The fourth-order valence-electron chi connectivity index (χ4n) is 3.92. The van der Waals surface area contributed by atoms with E-state index in [0.29, 0.717) is 10.7 Å². The number of hydrogen-bond donors (Lipinski definition) is 1. The predicted octanol–water partition coefficient (Wildman–Crippen LogP) is 5.54. The molecule has 1 aliphatic heterocycles. The molecule has 3 heterocycles. The van der Waals surface area contributed by atoms with Gasteiger partial charge in [-0.3, -0.25) is 14.5 Å². The number of furan rings is 1. The maximum Gasteiger partial charge on any atom is 0.296 e. The van der Waals surface area contributed by atoms with Gasteiger partial charge in [0.05, 0.1) is 28.1 Å². The third-order valence-electron chi connectivity index (χ3n) is 5.65. The van der Waals surface area contributed by atoms with Crippen molar-refractivity contribution in [2.45, 2.75) is 26.3 Å². The second kappa shape index (κ2) is 7.76. The Morgan fingerprint density at radius 3 is 2.66 bits per heavy atom. The van der Waals surface area contributed by atoms with Crippen molar-refractivity contribution >= 4 is 38.4 Å². The number of hydrogen-bond acceptors (Lipinski definition) is 6. The summed E-state index contributed by atoms with van der Waals surface area (Å²) in [5.74, 6) is -1.69. The van der Waals surface area contributed by atoms with Crippen LogP contribution in [0.25, 0.3) is 10.2 Å². The van der Waals surface area contributed by atoms with Gasteiger partial charge >= 0.3 is 0 Å². The Kier molecular flexibility index (Phi) is 4.90. The van der Waals surface area contributed by atoms with Crippen LogP contribution in [0, 0.1) is 6.92 Å². The smallest absolute Gasteiger partial charge is 0.296 e. The molecule has 0 spiro atoms. The van der Waals surface area contributed by atoms with Crippen LogP contribution in [0.5, 0.6) is 0 Å². The van der Waals surface area contributed by atoms with E-state index in [0.717, 1.165) is 22.2 Å². The van der Waals surface area contributed by atoms with Gasteiger partial charge in [-0.05, 0) is 48.7 Å². The lowest BCUT2D eigenvalue weighted by Gasteiger charge is -2.24. The molecule has 1 amide bonds. The molecule has 0 bridgehead atoms. The zero-order valence-electron chi connectivity index (χ0n) is 17.5. The van der Waals surface area contributed by atoms with Crippen molar-refractivity contribution in [3.05, 3.63) is 94.6 Å².